The van der Waals surface area contributed by atoms with Gasteiger partial charge in [0.2, 0.25) is 5.88 Å². The van der Waals surface area contributed by atoms with Gasteiger partial charge in [0.05, 0.1) is 30.1 Å². The summed E-state index contributed by atoms with van der Waals surface area (Å²) in [5.74, 6) is 1.06. The summed E-state index contributed by atoms with van der Waals surface area (Å²) in [4.78, 5) is 12.3. The normalized spacial score (nSPS) is 17.6. The van der Waals surface area contributed by atoms with Gasteiger partial charge in [0.1, 0.15) is 0 Å². The second kappa shape index (κ2) is 11.9. The van der Waals surface area contributed by atoms with E-state index in [1.807, 2.05) is 13.8 Å². The molecule has 0 radical (unpaired) electrons. The molecule has 1 aromatic rings. The van der Waals surface area contributed by atoms with Gasteiger partial charge in [-0.1, -0.05) is 34.6 Å². The number of hydrogen-bond donors (Lipinski definition) is 1. The van der Waals surface area contributed by atoms with E-state index in [2.05, 4.69) is 64.8 Å². The Balaban J connectivity index is 0.00000106. The summed E-state index contributed by atoms with van der Waals surface area (Å²) in [6, 6.07) is 5.07. The second-order valence-corrected chi connectivity index (χ2v) is 7.82. The molecule has 1 aromatic heterocycles. The molecule has 0 saturated carbocycles. The van der Waals surface area contributed by atoms with Crippen molar-refractivity contribution < 1.29 is 9.84 Å². The number of nitrogens with zero attached hydrogens (tertiary/aromatic N) is 3. The Bertz CT molecular complexity index is 792. The van der Waals surface area contributed by atoms with E-state index in [1.54, 1.807) is 7.11 Å². The first-order chi connectivity index (χ1) is 14.4. The lowest BCUT2D eigenvalue weighted by Gasteiger charge is -2.33. The molecule has 2 aliphatic rings. The molecule has 3 rings (SSSR count). The highest BCUT2D eigenvalue weighted by Crippen LogP contribution is 2.39. The van der Waals surface area contributed by atoms with Crippen molar-refractivity contribution in [2.75, 3.05) is 14.2 Å². The average molecular weight is 416 g/mol. The summed E-state index contributed by atoms with van der Waals surface area (Å²) in [5, 5.41) is 7.00. The van der Waals surface area contributed by atoms with Crippen LogP contribution in [0.4, 0.5) is 0 Å². The second-order valence-electron chi connectivity index (χ2n) is 7.82. The Morgan fingerprint density at radius 1 is 1.17 bits per heavy atom. The molecule has 30 heavy (non-hydrogen) atoms. The van der Waals surface area contributed by atoms with E-state index in [1.165, 1.54) is 16.9 Å². The maximum atomic E-state index is 7.00. The smallest absolute Gasteiger partial charge is 0.222 e. The fraction of sp³-hybridized carbons (Fsp3) is 0.600. The van der Waals surface area contributed by atoms with Gasteiger partial charge in [-0.15, -0.1) is 0 Å². The zero-order valence-corrected chi connectivity index (χ0v) is 20.6. The minimum Gasteiger partial charge on any atom is -0.480 e. The van der Waals surface area contributed by atoms with Crippen LogP contribution in [-0.4, -0.2) is 47.0 Å². The Kier molecular flexibility index (Phi) is 10.3. The number of aliphatic hydroxyl groups excluding tert-OH is 1. The molecular weight excluding hydrogens is 374 g/mol. The molecule has 2 aliphatic heterocycles. The number of hydrogen-bond acceptors (Lipinski definition) is 5. The monoisotopic (exact) mass is 415 g/mol. The predicted molar refractivity (Wildman–Crippen MR) is 128 cm³/mol. The Labute approximate surface area is 183 Å². The molecule has 5 nitrogen and oxygen atoms in total. The highest BCUT2D eigenvalue weighted by molar-refractivity contribution is 6.09. The fourth-order valence-electron chi connectivity index (χ4n) is 3.86. The fourth-order valence-corrected chi connectivity index (χ4v) is 3.86. The van der Waals surface area contributed by atoms with Crippen LogP contribution in [0.2, 0.25) is 0 Å². The summed E-state index contributed by atoms with van der Waals surface area (Å²) in [5.41, 5.74) is 6.95. The highest BCUT2D eigenvalue weighted by atomic mass is 16.5. The number of aliphatic hydroxyl groups is 1. The van der Waals surface area contributed by atoms with Crippen LogP contribution < -0.4 is 4.74 Å². The van der Waals surface area contributed by atoms with Gasteiger partial charge in [-0.05, 0) is 62.8 Å². The molecule has 3 heterocycles. The van der Waals surface area contributed by atoms with Crippen molar-refractivity contribution in [3.63, 3.8) is 0 Å². The van der Waals surface area contributed by atoms with Gasteiger partial charge in [0.15, 0.2) is 0 Å². The number of pyridine rings is 1. The van der Waals surface area contributed by atoms with Crippen LogP contribution in [0.3, 0.4) is 0 Å². The van der Waals surface area contributed by atoms with Crippen LogP contribution in [0.5, 0.6) is 5.88 Å². The molecule has 0 amide bonds. The van der Waals surface area contributed by atoms with Crippen LogP contribution in [0, 0.1) is 0 Å². The number of ether oxygens (including phenoxy) is 1. The van der Waals surface area contributed by atoms with Gasteiger partial charge in [0.25, 0.3) is 0 Å². The standard InChI is InChI=1S/C22H31N3O.C2H6.CH4O/c1-8-16-11-19-20(15(6)12-25(19)14(4)5)24-21(16)17-9-10-18(13(2)3)23-22(17)26-7;2*1-2/h9-10,12-14,19H,8,11H2,1-7H3;1-2H3;2H,1H3. The van der Waals surface area contributed by atoms with Gasteiger partial charge in [-0.3, -0.25) is 4.99 Å². The minimum atomic E-state index is 0.364. The molecular formula is C25H41N3O2. The van der Waals surface area contributed by atoms with Crippen LogP contribution in [0.1, 0.15) is 85.4 Å². The van der Waals surface area contributed by atoms with Crippen LogP contribution in [-0.2, 0) is 0 Å². The minimum absolute atomic E-state index is 0.364. The van der Waals surface area contributed by atoms with Crippen molar-refractivity contribution in [3.8, 4) is 5.88 Å². The molecule has 0 saturated heterocycles. The summed E-state index contributed by atoms with van der Waals surface area (Å²) in [6.07, 6.45) is 4.27. The van der Waals surface area contributed by atoms with Gasteiger partial charge >= 0.3 is 0 Å². The Hall–Kier alpha value is -2.14. The number of rotatable bonds is 5. The summed E-state index contributed by atoms with van der Waals surface area (Å²) in [6.45, 7) is 17.2. The van der Waals surface area contributed by atoms with E-state index in [0.717, 1.165) is 36.9 Å². The highest BCUT2D eigenvalue weighted by Gasteiger charge is 2.35. The lowest BCUT2D eigenvalue weighted by atomic mass is 9.91. The first-order valence-corrected chi connectivity index (χ1v) is 11.1. The van der Waals surface area contributed by atoms with Crippen molar-refractivity contribution in [1.29, 1.82) is 0 Å². The zero-order valence-electron chi connectivity index (χ0n) is 20.6. The van der Waals surface area contributed by atoms with Gasteiger partial charge in [-0.25, -0.2) is 4.98 Å². The maximum Gasteiger partial charge on any atom is 0.222 e. The van der Waals surface area contributed by atoms with Gasteiger partial charge < -0.3 is 14.7 Å². The van der Waals surface area contributed by atoms with Crippen molar-refractivity contribution in [3.05, 3.63) is 40.7 Å². The quantitative estimate of drug-likeness (QED) is 0.659. The van der Waals surface area contributed by atoms with Crippen LogP contribution in [0.15, 0.2) is 34.5 Å². The SMILES string of the molecule is CC.CCC1=C(c2ccc(C(C)C)nc2OC)N=C2C(C)=CN(C(C)C)C2C1.CO. The Morgan fingerprint density at radius 2 is 1.80 bits per heavy atom. The summed E-state index contributed by atoms with van der Waals surface area (Å²) >= 11 is 0. The molecule has 1 atom stereocenters. The van der Waals surface area contributed by atoms with Crippen molar-refractivity contribution >= 4 is 11.4 Å². The molecule has 5 heteroatoms. The molecule has 168 valence electrons. The summed E-state index contributed by atoms with van der Waals surface area (Å²) < 4.78 is 5.64. The largest absolute Gasteiger partial charge is 0.480 e. The molecule has 0 aliphatic carbocycles. The van der Waals surface area contributed by atoms with E-state index >= 15 is 0 Å². The zero-order chi connectivity index (χ0) is 23.0. The van der Waals surface area contributed by atoms with E-state index in [9.17, 15) is 0 Å². The van der Waals surface area contributed by atoms with Crippen molar-refractivity contribution in [1.82, 2.24) is 9.88 Å². The first kappa shape index (κ1) is 25.9. The van der Waals surface area contributed by atoms with Crippen LogP contribution >= 0.6 is 0 Å². The lowest BCUT2D eigenvalue weighted by Crippen LogP contribution is -2.38. The topological polar surface area (TPSA) is 58.0 Å². The molecule has 0 spiro atoms. The maximum absolute atomic E-state index is 7.00. The molecule has 1 N–H and O–H groups in total. The number of methoxy groups -OCH3 is 1. The van der Waals surface area contributed by atoms with E-state index < -0.39 is 0 Å². The molecule has 0 fully saturated rings. The molecule has 0 aromatic carbocycles. The van der Waals surface area contributed by atoms with Crippen molar-refractivity contribution in [2.45, 2.75) is 86.2 Å². The number of aliphatic imine (C=N–C) groups is 1. The van der Waals surface area contributed by atoms with Gasteiger partial charge in [-0.2, -0.15) is 0 Å². The predicted octanol–water partition coefficient (Wildman–Crippen LogP) is 5.81. The average Bonchev–Trinajstić information content (AvgIpc) is 3.11. The third-order valence-electron chi connectivity index (χ3n) is 5.37. The van der Waals surface area contributed by atoms with Crippen LogP contribution in [0.25, 0.3) is 5.70 Å². The molecule has 0 bridgehead atoms. The van der Waals surface area contributed by atoms with E-state index in [0.29, 0.717) is 23.9 Å². The summed E-state index contributed by atoms with van der Waals surface area (Å²) in [7, 11) is 2.70. The lowest BCUT2D eigenvalue weighted by molar-refractivity contribution is 0.283. The number of fused-ring (bicyclic) bond motifs is 1. The van der Waals surface area contributed by atoms with E-state index in [4.69, 9.17) is 19.8 Å². The number of aromatic nitrogens is 1. The van der Waals surface area contributed by atoms with Crippen molar-refractivity contribution in [2.24, 2.45) is 4.99 Å². The first-order valence-electron chi connectivity index (χ1n) is 11.1. The third kappa shape index (κ3) is 5.31. The van der Waals surface area contributed by atoms with E-state index in [-0.39, 0.29) is 0 Å². The third-order valence-corrected chi connectivity index (χ3v) is 5.37. The van der Waals surface area contributed by atoms with Gasteiger partial charge in [0, 0.05) is 25.0 Å². The molecule has 1 unspecified atom stereocenters. The Morgan fingerprint density at radius 3 is 2.30 bits per heavy atom.